The van der Waals surface area contributed by atoms with Crippen LogP contribution in [0.1, 0.15) is 26.7 Å². The van der Waals surface area contributed by atoms with E-state index in [-0.39, 0.29) is 18.4 Å². The zero-order valence-electron chi connectivity index (χ0n) is 14.6. The third-order valence-corrected chi connectivity index (χ3v) is 4.30. The van der Waals surface area contributed by atoms with Gasteiger partial charge in [0.05, 0.1) is 6.54 Å². The minimum Gasteiger partial charge on any atom is -0.347 e. The van der Waals surface area contributed by atoms with E-state index < -0.39 is 0 Å². The number of fused-ring (bicyclic) bond motifs is 3. The molecule has 3 aromatic rings. The molecule has 0 saturated heterocycles. The number of anilines is 1. The number of rotatable bonds is 6. The number of hydrogen-bond acceptors (Lipinski definition) is 2. The molecule has 130 valence electrons. The van der Waals surface area contributed by atoms with Crippen LogP contribution >= 0.6 is 0 Å². The fourth-order valence-electron chi connectivity index (χ4n) is 3.17. The molecule has 0 aliphatic rings. The van der Waals surface area contributed by atoms with Crippen LogP contribution in [0, 0.1) is 0 Å². The van der Waals surface area contributed by atoms with Gasteiger partial charge in [0.15, 0.2) is 0 Å². The zero-order chi connectivity index (χ0) is 17.8. The fraction of sp³-hybridized carbons (Fsp3) is 0.300. The summed E-state index contributed by atoms with van der Waals surface area (Å²) in [5, 5.41) is 7.78. The van der Waals surface area contributed by atoms with Crippen molar-refractivity contribution in [2.45, 2.75) is 33.2 Å². The minimum absolute atomic E-state index is 0.00636. The van der Waals surface area contributed by atoms with Gasteiger partial charge in [-0.05, 0) is 37.6 Å². The van der Waals surface area contributed by atoms with E-state index in [1.807, 2.05) is 37.3 Å². The number of carbonyl (C=O) groups excluding carboxylic acids is 2. The summed E-state index contributed by atoms with van der Waals surface area (Å²) < 4.78 is 2.27. The number of hydrogen-bond donors (Lipinski definition) is 2. The molecule has 2 aromatic carbocycles. The van der Waals surface area contributed by atoms with Gasteiger partial charge in [0.25, 0.3) is 0 Å². The second-order valence-corrected chi connectivity index (χ2v) is 6.07. The summed E-state index contributed by atoms with van der Waals surface area (Å²) in [4.78, 5) is 23.5. The Morgan fingerprint density at radius 1 is 0.960 bits per heavy atom. The molecule has 2 N–H and O–H groups in total. The number of aromatic nitrogens is 1. The monoisotopic (exact) mass is 337 g/mol. The first-order chi connectivity index (χ1) is 12.1. The van der Waals surface area contributed by atoms with Crippen LogP contribution in [0.15, 0.2) is 42.5 Å². The van der Waals surface area contributed by atoms with Crippen LogP contribution in [-0.4, -0.2) is 22.9 Å². The second-order valence-electron chi connectivity index (χ2n) is 6.07. The first-order valence-corrected chi connectivity index (χ1v) is 8.71. The van der Waals surface area contributed by atoms with Crippen molar-refractivity contribution in [2.24, 2.45) is 0 Å². The summed E-state index contributed by atoms with van der Waals surface area (Å²) in [5.41, 5.74) is 3.08. The Balaban J connectivity index is 1.83. The number of nitrogens with one attached hydrogen (secondary N) is 2. The minimum atomic E-state index is -0.219. The Bertz CT molecular complexity index is 927. The molecule has 0 spiro atoms. The molecule has 0 unspecified atom stereocenters. The van der Waals surface area contributed by atoms with Gasteiger partial charge in [0.2, 0.25) is 11.8 Å². The number of nitrogens with zero attached hydrogens (tertiary/aromatic N) is 1. The van der Waals surface area contributed by atoms with Crippen LogP contribution in [0.3, 0.4) is 0 Å². The van der Waals surface area contributed by atoms with Crippen LogP contribution in [-0.2, 0) is 16.1 Å². The molecule has 0 bridgehead atoms. The average molecular weight is 337 g/mol. The van der Waals surface area contributed by atoms with Gasteiger partial charge in [-0.15, -0.1) is 0 Å². The predicted octanol–water partition coefficient (Wildman–Crippen LogP) is 3.67. The first kappa shape index (κ1) is 17.0. The molecule has 0 atom stereocenters. The van der Waals surface area contributed by atoms with Gasteiger partial charge in [-0.3, -0.25) is 9.59 Å². The van der Waals surface area contributed by atoms with Crippen molar-refractivity contribution in [1.29, 1.82) is 0 Å². The van der Waals surface area contributed by atoms with Gasteiger partial charge < -0.3 is 15.2 Å². The SMILES string of the molecule is CCCC(=O)NCC(=O)Nc1ccc2c(c1)c1ccccc1n2CC. The standard InChI is InChI=1S/C20H23N3O2/c1-3-7-19(24)21-13-20(25)22-14-10-11-18-16(12-14)15-8-5-6-9-17(15)23(18)4-2/h5-6,8-12H,3-4,7,13H2,1-2H3,(H,21,24)(H,22,25). The molecule has 5 heteroatoms. The maximum Gasteiger partial charge on any atom is 0.243 e. The maximum atomic E-state index is 12.1. The molecule has 1 aromatic heterocycles. The van der Waals surface area contributed by atoms with Crippen LogP contribution < -0.4 is 10.6 Å². The molecule has 0 aliphatic carbocycles. The lowest BCUT2D eigenvalue weighted by Crippen LogP contribution is -2.32. The van der Waals surface area contributed by atoms with Crippen molar-refractivity contribution in [3.05, 3.63) is 42.5 Å². The van der Waals surface area contributed by atoms with E-state index in [0.29, 0.717) is 6.42 Å². The largest absolute Gasteiger partial charge is 0.347 e. The number of aryl methyl sites for hydroxylation is 1. The van der Waals surface area contributed by atoms with E-state index in [0.717, 1.165) is 29.6 Å². The second kappa shape index (κ2) is 7.38. The average Bonchev–Trinajstić information content (AvgIpc) is 2.93. The molecule has 0 radical (unpaired) electrons. The van der Waals surface area contributed by atoms with Gasteiger partial charge >= 0.3 is 0 Å². The molecule has 1 heterocycles. The summed E-state index contributed by atoms with van der Waals surface area (Å²) in [6, 6.07) is 14.2. The highest BCUT2D eigenvalue weighted by atomic mass is 16.2. The number of benzene rings is 2. The van der Waals surface area contributed by atoms with Crippen molar-refractivity contribution in [3.63, 3.8) is 0 Å². The summed E-state index contributed by atoms with van der Waals surface area (Å²) in [7, 11) is 0. The molecule has 3 rings (SSSR count). The van der Waals surface area contributed by atoms with Gasteiger partial charge in [-0.2, -0.15) is 0 Å². The zero-order valence-corrected chi connectivity index (χ0v) is 14.6. The number of amides is 2. The first-order valence-electron chi connectivity index (χ1n) is 8.71. The Hall–Kier alpha value is -2.82. The predicted molar refractivity (Wildman–Crippen MR) is 102 cm³/mol. The maximum absolute atomic E-state index is 12.1. The molecule has 5 nitrogen and oxygen atoms in total. The lowest BCUT2D eigenvalue weighted by Gasteiger charge is -2.08. The topological polar surface area (TPSA) is 63.1 Å². The Morgan fingerprint density at radius 2 is 1.72 bits per heavy atom. The van der Waals surface area contributed by atoms with Crippen LogP contribution in [0.2, 0.25) is 0 Å². The highest BCUT2D eigenvalue weighted by Crippen LogP contribution is 2.30. The molecule has 0 fully saturated rings. The normalized spacial score (nSPS) is 11.0. The van der Waals surface area contributed by atoms with E-state index in [9.17, 15) is 9.59 Å². The molecule has 0 saturated carbocycles. The summed E-state index contributed by atoms with van der Waals surface area (Å²) >= 11 is 0. The highest BCUT2D eigenvalue weighted by Gasteiger charge is 2.11. The smallest absolute Gasteiger partial charge is 0.243 e. The van der Waals surface area contributed by atoms with Crippen molar-refractivity contribution in [2.75, 3.05) is 11.9 Å². The van der Waals surface area contributed by atoms with Crippen molar-refractivity contribution in [3.8, 4) is 0 Å². The lowest BCUT2D eigenvalue weighted by atomic mass is 10.1. The van der Waals surface area contributed by atoms with Crippen molar-refractivity contribution < 1.29 is 9.59 Å². The van der Waals surface area contributed by atoms with E-state index in [1.54, 1.807) is 0 Å². The van der Waals surface area contributed by atoms with E-state index >= 15 is 0 Å². The van der Waals surface area contributed by atoms with Crippen LogP contribution in [0.5, 0.6) is 0 Å². The number of carbonyl (C=O) groups is 2. The Kier molecular flexibility index (Phi) is 5.03. The van der Waals surface area contributed by atoms with Crippen LogP contribution in [0.4, 0.5) is 5.69 Å². The quantitative estimate of drug-likeness (QED) is 0.721. The third kappa shape index (κ3) is 3.50. The summed E-state index contributed by atoms with van der Waals surface area (Å²) in [5.74, 6) is -0.317. The van der Waals surface area contributed by atoms with Gasteiger partial charge in [-0.25, -0.2) is 0 Å². The third-order valence-electron chi connectivity index (χ3n) is 4.30. The highest BCUT2D eigenvalue weighted by molar-refractivity contribution is 6.10. The van der Waals surface area contributed by atoms with Gasteiger partial charge in [-0.1, -0.05) is 25.1 Å². The summed E-state index contributed by atoms with van der Waals surface area (Å²) in [6.45, 7) is 4.94. The van der Waals surface area contributed by atoms with Gasteiger partial charge in [0.1, 0.15) is 0 Å². The van der Waals surface area contributed by atoms with Crippen molar-refractivity contribution >= 4 is 39.3 Å². The Morgan fingerprint density at radius 3 is 2.48 bits per heavy atom. The summed E-state index contributed by atoms with van der Waals surface area (Å²) in [6.07, 6.45) is 1.21. The molecule has 0 aliphatic heterocycles. The molecular weight excluding hydrogens is 314 g/mol. The lowest BCUT2D eigenvalue weighted by molar-refractivity contribution is -0.124. The van der Waals surface area contributed by atoms with Gasteiger partial charge in [0, 0.05) is 40.5 Å². The van der Waals surface area contributed by atoms with Crippen LogP contribution in [0.25, 0.3) is 21.8 Å². The number of para-hydroxylation sites is 1. The Labute approximate surface area is 147 Å². The van der Waals surface area contributed by atoms with E-state index in [2.05, 4.69) is 34.3 Å². The van der Waals surface area contributed by atoms with E-state index in [1.165, 1.54) is 10.9 Å². The van der Waals surface area contributed by atoms with Crippen molar-refractivity contribution in [1.82, 2.24) is 9.88 Å². The molecule has 25 heavy (non-hydrogen) atoms. The molecule has 2 amide bonds. The van der Waals surface area contributed by atoms with E-state index in [4.69, 9.17) is 0 Å². The molecular formula is C20H23N3O2. The fourth-order valence-corrected chi connectivity index (χ4v) is 3.17.